The SMILES string of the molecule is CC1(C(=O)NCCc2cc(F)cc(F)c2)CCCCN1. The summed E-state index contributed by atoms with van der Waals surface area (Å²) in [6.45, 7) is 3.11. The largest absolute Gasteiger partial charge is 0.354 e. The van der Waals surface area contributed by atoms with Crippen LogP contribution in [0.1, 0.15) is 31.7 Å². The molecule has 0 aliphatic carbocycles. The predicted molar refractivity (Wildman–Crippen MR) is 73.3 cm³/mol. The van der Waals surface area contributed by atoms with Crippen LogP contribution < -0.4 is 10.6 Å². The zero-order chi connectivity index (χ0) is 14.6. The third kappa shape index (κ3) is 3.76. The molecule has 2 rings (SSSR count). The Labute approximate surface area is 117 Å². The second-order valence-electron chi connectivity index (χ2n) is 5.50. The molecule has 1 aliphatic rings. The highest BCUT2D eigenvalue weighted by atomic mass is 19.1. The van der Waals surface area contributed by atoms with E-state index < -0.39 is 17.2 Å². The number of halogens is 2. The lowest BCUT2D eigenvalue weighted by atomic mass is 9.90. The van der Waals surface area contributed by atoms with E-state index in [1.165, 1.54) is 12.1 Å². The second kappa shape index (κ2) is 6.31. The van der Waals surface area contributed by atoms with E-state index in [1.54, 1.807) is 0 Å². The van der Waals surface area contributed by atoms with E-state index in [-0.39, 0.29) is 5.91 Å². The number of benzene rings is 1. The van der Waals surface area contributed by atoms with Crippen LogP contribution in [0.25, 0.3) is 0 Å². The van der Waals surface area contributed by atoms with Crippen LogP contribution in [0.5, 0.6) is 0 Å². The fraction of sp³-hybridized carbons (Fsp3) is 0.533. The summed E-state index contributed by atoms with van der Waals surface area (Å²) >= 11 is 0. The van der Waals surface area contributed by atoms with Gasteiger partial charge in [0, 0.05) is 12.6 Å². The van der Waals surface area contributed by atoms with E-state index in [4.69, 9.17) is 0 Å². The molecule has 0 aromatic heterocycles. The quantitative estimate of drug-likeness (QED) is 0.888. The molecule has 1 saturated heterocycles. The fourth-order valence-corrected chi connectivity index (χ4v) is 2.52. The zero-order valence-corrected chi connectivity index (χ0v) is 11.6. The van der Waals surface area contributed by atoms with Gasteiger partial charge in [0.25, 0.3) is 0 Å². The molecule has 2 N–H and O–H groups in total. The maximum atomic E-state index is 13.0. The summed E-state index contributed by atoms with van der Waals surface area (Å²) in [7, 11) is 0. The lowest BCUT2D eigenvalue weighted by Crippen LogP contribution is -2.57. The number of hydrogen-bond donors (Lipinski definition) is 2. The van der Waals surface area contributed by atoms with Crippen molar-refractivity contribution in [3.63, 3.8) is 0 Å². The van der Waals surface area contributed by atoms with Crippen molar-refractivity contribution >= 4 is 5.91 Å². The van der Waals surface area contributed by atoms with E-state index in [2.05, 4.69) is 10.6 Å². The third-order valence-electron chi connectivity index (χ3n) is 3.74. The average molecular weight is 282 g/mol. The minimum absolute atomic E-state index is 0.0472. The maximum Gasteiger partial charge on any atom is 0.240 e. The van der Waals surface area contributed by atoms with Gasteiger partial charge in [0.1, 0.15) is 11.6 Å². The summed E-state index contributed by atoms with van der Waals surface area (Å²) in [5.41, 5.74) is 0.0235. The molecule has 1 aromatic carbocycles. The molecular weight excluding hydrogens is 262 g/mol. The first-order valence-electron chi connectivity index (χ1n) is 6.98. The summed E-state index contributed by atoms with van der Waals surface area (Å²) in [5, 5.41) is 6.06. The molecule has 1 aromatic rings. The summed E-state index contributed by atoms with van der Waals surface area (Å²) in [6, 6.07) is 3.42. The summed E-state index contributed by atoms with van der Waals surface area (Å²) in [4.78, 5) is 12.1. The van der Waals surface area contributed by atoms with Crippen LogP contribution in [0, 0.1) is 11.6 Å². The van der Waals surface area contributed by atoms with Crippen molar-refractivity contribution in [3.05, 3.63) is 35.4 Å². The van der Waals surface area contributed by atoms with Crippen LogP contribution >= 0.6 is 0 Å². The molecule has 1 amide bonds. The summed E-state index contributed by atoms with van der Waals surface area (Å²) < 4.78 is 26.1. The Balaban J connectivity index is 1.84. The van der Waals surface area contributed by atoms with Gasteiger partial charge in [-0.05, 0) is 56.8 Å². The average Bonchev–Trinajstić information content (AvgIpc) is 2.38. The first kappa shape index (κ1) is 14.9. The lowest BCUT2D eigenvalue weighted by Gasteiger charge is -2.33. The lowest BCUT2D eigenvalue weighted by molar-refractivity contribution is -0.127. The van der Waals surface area contributed by atoms with Gasteiger partial charge in [0.15, 0.2) is 0 Å². The molecule has 20 heavy (non-hydrogen) atoms. The number of piperidine rings is 1. The standard InChI is InChI=1S/C15H20F2N2O/c1-15(5-2-3-6-19-15)14(20)18-7-4-11-8-12(16)10-13(17)9-11/h8-10,19H,2-7H2,1H3,(H,18,20). The number of amides is 1. The molecule has 0 saturated carbocycles. The van der Waals surface area contributed by atoms with Gasteiger partial charge in [-0.1, -0.05) is 0 Å². The molecule has 5 heteroatoms. The van der Waals surface area contributed by atoms with Crippen LogP contribution in [0.4, 0.5) is 8.78 Å². The highest BCUT2D eigenvalue weighted by molar-refractivity contribution is 5.85. The number of rotatable bonds is 4. The first-order valence-corrected chi connectivity index (χ1v) is 6.98. The number of carbonyl (C=O) groups excluding carboxylic acids is 1. The Kier molecular flexibility index (Phi) is 4.70. The Hall–Kier alpha value is -1.49. The van der Waals surface area contributed by atoms with Crippen molar-refractivity contribution < 1.29 is 13.6 Å². The van der Waals surface area contributed by atoms with Gasteiger partial charge in [-0.2, -0.15) is 0 Å². The molecule has 1 unspecified atom stereocenters. The zero-order valence-electron chi connectivity index (χ0n) is 11.6. The molecule has 110 valence electrons. The Bertz CT molecular complexity index is 465. The molecule has 1 aliphatic heterocycles. The monoisotopic (exact) mass is 282 g/mol. The Morgan fingerprint density at radius 2 is 2.00 bits per heavy atom. The van der Waals surface area contributed by atoms with Crippen LogP contribution in [0.15, 0.2) is 18.2 Å². The van der Waals surface area contributed by atoms with Gasteiger partial charge < -0.3 is 10.6 Å². The van der Waals surface area contributed by atoms with Crippen LogP contribution in [-0.4, -0.2) is 24.5 Å². The van der Waals surface area contributed by atoms with Crippen molar-refractivity contribution in [3.8, 4) is 0 Å². The summed E-state index contributed by atoms with van der Waals surface area (Å²) in [6.07, 6.45) is 3.35. The first-order chi connectivity index (χ1) is 9.49. The topological polar surface area (TPSA) is 41.1 Å². The molecule has 1 atom stereocenters. The van der Waals surface area contributed by atoms with Gasteiger partial charge in [0.2, 0.25) is 5.91 Å². The predicted octanol–water partition coefficient (Wildman–Crippen LogP) is 2.16. The normalized spacial score (nSPS) is 22.6. The minimum atomic E-state index is -0.591. The smallest absolute Gasteiger partial charge is 0.240 e. The molecule has 1 heterocycles. The molecular formula is C15H20F2N2O. The molecule has 0 radical (unpaired) electrons. The van der Waals surface area contributed by atoms with Crippen molar-refractivity contribution in [1.29, 1.82) is 0 Å². The number of nitrogens with one attached hydrogen (secondary N) is 2. The van der Waals surface area contributed by atoms with Crippen molar-refractivity contribution in [1.82, 2.24) is 10.6 Å². The Morgan fingerprint density at radius 3 is 2.60 bits per heavy atom. The fourth-order valence-electron chi connectivity index (χ4n) is 2.52. The molecule has 3 nitrogen and oxygen atoms in total. The summed E-state index contributed by atoms with van der Waals surface area (Å²) in [5.74, 6) is -1.23. The molecule has 0 spiro atoms. The van der Waals surface area contributed by atoms with Gasteiger partial charge in [-0.3, -0.25) is 4.79 Å². The van der Waals surface area contributed by atoms with Crippen LogP contribution in [0.2, 0.25) is 0 Å². The van der Waals surface area contributed by atoms with E-state index in [0.29, 0.717) is 18.5 Å². The third-order valence-corrected chi connectivity index (χ3v) is 3.74. The number of carbonyl (C=O) groups is 1. The second-order valence-corrected chi connectivity index (χ2v) is 5.50. The molecule has 1 fully saturated rings. The van der Waals surface area contributed by atoms with Crippen molar-refractivity contribution in [2.24, 2.45) is 0 Å². The van der Waals surface area contributed by atoms with Crippen LogP contribution in [-0.2, 0) is 11.2 Å². The highest BCUT2D eigenvalue weighted by Gasteiger charge is 2.33. The number of hydrogen-bond acceptors (Lipinski definition) is 2. The van der Waals surface area contributed by atoms with Gasteiger partial charge in [-0.25, -0.2) is 8.78 Å². The van der Waals surface area contributed by atoms with E-state index in [1.807, 2.05) is 6.92 Å². The van der Waals surface area contributed by atoms with Crippen molar-refractivity contribution in [2.45, 2.75) is 38.1 Å². The molecule has 0 bridgehead atoms. The Morgan fingerprint density at radius 1 is 1.30 bits per heavy atom. The van der Waals surface area contributed by atoms with E-state index in [9.17, 15) is 13.6 Å². The van der Waals surface area contributed by atoms with E-state index in [0.717, 1.165) is 31.9 Å². The minimum Gasteiger partial charge on any atom is -0.354 e. The highest BCUT2D eigenvalue weighted by Crippen LogP contribution is 2.18. The van der Waals surface area contributed by atoms with Crippen molar-refractivity contribution in [2.75, 3.05) is 13.1 Å². The maximum absolute atomic E-state index is 13.0. The van der Waals surface area contributed by atoms with E-state index >= 15 is 0 Å². The van der Waals surface area contributed by atoms with Gasteiger partial charge >= 0.3 is 0 Å². The van der Waals surface area contributed by atoms with Gasteiger partial charge in [-0.15, -0.1) is 0 Å². The van der Waals surface area contributed by atoms with Gasteiger partial charge in [0.05, 0.1) is 5.54 Å². The van der Waals surface area contributed by atoms with Crippen LogP contribution in [0.3, 0.4) is 0 Å².